The molecule has 0 bridgehead atoms. The topological polar surface area (TPSA) is 58.6 Å². The van der Waals surface area contributed by atoms with Crippen molar-refractivity contribution in [3.05, 3.63) is 53.6 Å². The van der Waals surface area contributed by atoms with Crippen molar-refractivity contribution in [1.82, 2.24) is 0 Å². The second kappa shape index (κ2) is 4.87. The van der Waals surface area contributed by atoms with E-state index >= 15 is 0 Å². The van der Waals surface area contributed by atoms with Gasteiger partial charge in [-0.25, -0.2) is 0 Å². The normalized spacial score (nSPS) is 15.6. The van der Waals surface area contributed by atoms with E-state index in [-0.39, 0.29) is 18.4 Å². The number of amides is 2. The van der Waals surface area contributed by atoms with Crippen LogP contribution >= 0.6 is 0 Å². The van der Waals surface area contributed by atoms with Gasteiger partial charge in [-0.1, -0.05) is 24.3 Å². The van der Waals surface area contributed by atoms with Gasteiger partial charge in [-0.3, -0.25) is 9.59 Å². The van der Waals surface area contributed by atoms with E-state index in [1.807, 2.05) is 24.3 Å². The minimum absolute atomic E-state index is 0.0616. The number of carbonyl (C=O) groups is 2. The van der Waals surface area contributed by atoms with Crippen LogP contribution in [-0.4, -0.2) is 25.0 Å². The summed E-state index contributed by atoms with van der Waals surface area (Å²) < 4.78 is 5.48. The quantitative estimate of drug-likeness (QED) is 0.877. The molecule has 0 radical (unpaired) electrons. The Balaban J connectivity index is 1.73. The van der Waals surface area contributed by atoms with E-state index in [4.69, 9.17) is 4.74 Å². The van der Waals surface area contributed by atoms with Gasteiger partial charge in [0, 0.05) is 12.2 Å². The van der Waals surface area contributed by atoms with Gasteiger partial charge in [0.2, 0.25) is 0 Å². The number of fused-ring (bicyclic) bond motifs is 2. The number of nitrogens with one attached hydrogen (secondary N) is 1. The number of anilines is 2. The van der Waals surface area contributed by atoms with Gasteiger partial charge in [-0.2, -0.15) is 0 Å². The highest BCUT2D eigenvalue weighted by Crippen LogP contribution is 2.35. The zero-order valence-electron chi connectivity index (χ0n) is 11.8. The maximum absolute atomic E-state index is 12.9. The Hall–Kier alpha value is -2.82. The van der Waals surface area contributed by atoms with Crippen molar-refractivity contribution in [2.24, 2.45) is 0 Å². The smallest absolute Gasteiger partial charge is 0.262 e. The van der Waals surface area contributed by atoms with Gasteiger partial charge in [-0.05, 0) is 30.2 Å². The van der Waals surface area contributed by atoms with E-state index in [0.29, 0.717) is 23.5 Å². The molecule has 2 heterocycles. The molecule has 4 rings (SSSR count). The van der Waals surface area contributed by atoms with E-state index in [0.717, 1.165) is 12.1 Å². The fourth-order valence-corrected chi connectivity index (χ4v) is 2.98. The number of hydrogen-bond acceptors (Lipinski definition) is 3. The van der Waals surface area contributed by atoms with E-state index in [1.165, 1.54) is 5.56 Å². The molecule has 1 N–H and O–H groups in total. The van der Waals surface area contributed by atoms with Crippen LogP contribution in [0.2, 0.25) is 0 Å². The molecule has 2 aromatic carbocycles. The van der Waals surface area contributed by atoms with E-state index in [2.05, 4.69) is 5.32 Å². The van der Waals surface area contributed by atoms with Crippen molar-refractivity contribution in [2.75, 3.05) is 23.4 Å². The molecule has 0 aromatic heterocycles. The minimum atomic E-state index is -0.205. The lowest BCUT2D eigenvalue weighted by atomic mass is 10.1. The van der Waals surface area contributed by atoms with Crippen LogP contribution in [0.25, 0.3) is 0 Å². The van der Waals surface area contributed by atoms with E-state index < -0.39 is 0 Å². The predicted molar refractivity (Wildman–Crippen MR) is 82.4 cm³/mol. The molecule has 0 atom stereocenters. The van der Waals surface area contributed by atoms with E-state index in [9.17, 15) is 9.59 Å². The molecule has 2 aliphatic heterocycles. The number of hydrogen-bond donors (Lipinski definition) is 1. The molecule has 2 aromatic rings. The Morgan fingerprint density at radius 3 is 2.91 bits per heavy atom. The molecule has 0 unspecified atom stereocenters. The molecule has 0 saturated carbocycles. The SMILES string of the molecule is O=C1COc2c(cccc2C(=O)N2CCc3ccccc32)N1. The maximum atomic E-state index is 12.9. The molecular formula is C17H14N2O3. The number of para-hydroxylation sites is 2. The molecule has 5 heteroatoms. The Bertz CT molecular complexity index is 785. The molecule has 5 nitrogen and oxygen atoms in total. The average molecular weight is 294 g/mol. The van der Waals surface area contributed by atoms with Crippen LogP contribution in [0.5, 0.6) is 5.75 Å². The predicted octanol–water partition coefficient (Wildman–Crippen LogP) is 2.22. The monoisotopic (exact) mass is 294 g/mol. The van der Waals surface area contributed by atoms with Crippen LogP contribution in [0.4, 0.5) is 11.4 Å². The van der Waals surface area contributed by atoms with Gasteiger partial charge in [0.15, 0.2) is 12.4 Å². The first-order valence-corrected chi connectivity index (χ1v) is 7.19. The van der Waals surface area contributed by atoms with Crippen LogP contribution in [0.15, 0.2) is 42.5 Å². The summed E-state index contributed by atoms with van der Waals surface area (Å²) in [4.78, 5) is 26.1. The second-order valence-electron chi connectivity index (χ2n) is 5.35. The second-order valence-corrected chi connectivity index (χ2v) is 5.35. The molecule has 0 saturated heterocycles. The number of rotatable bonds is 1. The first-order chi connectivity index (χ1) is 10.7. The molecule has 110 valence electrons. The largest absolute Gasteiger partial charge is 0.481 e. The summed E-state index contributed by atoms with van der Waals surface area (Å²) in [6, 6.07) is 13.1. The number of ether oxygens (including phenoxy) is 1. The van der Waals surface area contributed by atoms with Crippen LogP contribution in [0.3, 0.4) is 0 Å². The standard InChI is InChI=1S/C17H14N2O3/c20-15-10-22-16-12(5-3-6-13(16)18-15)17(21)19-9-8-11-4-1-2-7-14(11)19/h1-7H,8-10H2,(H,18,20). The van der Waals surface area contributed by atoms with Crippen LogP contribution in [0, 0.1) is 0 Å². The van der Waals surface area contributed by atoms with Gasteiger partial charge in [0.05, 0.1) is 11.3 Å². The first kappa shape index (κ1) is 12.9. The van der Waals surface area contributed by atoms with Gasteiger partial charge in [-0.15, -0.1) is 0 Å². The summed E-state index contributed by atoms with van der Waals surface area (Å²) in [6.07, 6.45) is 0.856. The van der Waals surface area contributed by atoms with Crippen LogP contribution < -0.4 is 15.0 Å². The summed E-state index contributed by atoms with van der Waals surface area (Å²) in [6.45, 7) is 0.599. The summed E-state index contributed by atoms with van der Waals surface area (Å²) in [5, 5.41) is 2.73. The number of nitrogens with zero attached hydrogens (tertiary/aromatic N) is 1. The highest BCUT2D eigenvalue weighted by atomic mass is 16.5. The average Bonchev–Trinajstić information content (AvgIpc) is 2.97. The van der Waals surface area contributed by atoms with Crippen molar-refractivity contribution in [2.45, 2.75) is 6.42 Å². The van der Waals surface area contributed by atoms with Crippen LogP contribution in [-0.2, 0) is 11.2 Å². The van der Waals surface area contributed by atoms with Gasteiger partial charge < -0.3 is 15.0 Å². The molecule has 0 aliphatic carbocycles. The number of benzene rings is 2. The van der Waals surface area contributed by atoms with Crippen molar-refractivity contribution in [1.29, 1.82) is 0 Å². The summed E-state index contributed by atoms with van der Waals surface area (Å²) >= 11 is 0. The first-order valence-electron chi connectivity index (χ1n) is 7.19. The molecule has 0 fully saturated rings. The fraction of sp³-hybridized carbons (Fsp3) is 0.176. The molecule has 22 heavy (non-hydrogen) atoms. The highest BCUT2D eigenvalue weighted by Gasteiger charge is 2.29. The Morgan fingerprint density at radius 2 is 2.00 bits per heavy atom. The van der Waals surface area contributed by atoms with E-state index in [1.54, 1.807) is 23.1 Å². The number of carbonyl (C=O) groups excluding carboxylic acids is 2. The molecular weight excluding hydrogens is 280 g/mol. The summed E-state index contributed by atoms with van der Waals surface area (Å²) in [5.41, 5.74) is 3.16. The van der Waals surface area contributed by atoms with Gasteiger partial charge in [0.25, 0.3) is 11.8 Å². The Kier molecular flexibility index (Phi) is 2.85. The zero-order chi connectivity index (χ0) is 15.1. The summed E-state index contributed by atoms with van der Waals surface area (Å²) in [5.74, 6) is 0.151. The van der Waals surface area contributed by atoms with Gasteiger partial charge in [0.1, 0.15) is 0 Å². The Labute approximate surface area is 127 Å². The van der Waals surface area contributed by atoms with Gasteiger partial charge >= 0.3 is 0 Å². The van der Waals surface area contributed by atoms with Crippen molar-refractivity contribution in [3.63, 3.8) is 0 Å². The summed E-state index contributed by atoms with van der Waals surface area (Å²) in [7, 11) is 0. The highest BCUT2D eigenvalue weighted by molar-refractivity contribution is 6.11. The maximum Gasteiger partial charge on any atom is 0.262 e. The molecule has 2 amide bonds. The minimum Gasteiger partial charge on any atom is -0.481 e. The zero-order valence-corrected chi connectivity index (χ0v) is 11.8. The van der Waals surface area contributed by atoms with Crippen molar-refractivity contribution >= 4 is 23.2 Å². The lowest BCUT2D eigenvalue weighted by molar-refractivity contribution is -0.118. The molecule has 0 spiro atoms. The lowest BCUT2D eigenvalue weighted by Crippen LogP contribution is -2.31. The third kappa shape index (κ3) is 1.94. The molecule has 2 aliphatic rings. The Morgan fingerprint density at radius 1 is 1.14 bits per heavy atom. The van der Waals surface area contributed by atoms with Crippen molar-refractivity contribution in [3.8, 4) is 5.75 Å². The van der Waals surface area contributed by atoms with Crippen molar-refractivity contribution < 1.29 is 14.3 Å². The third-order valence-electron chi connectivity index (χ3n) is 4.00. The lowest BCUT2D eigenvalue weighted by Gasteiger charge is -2.23. The third-order valence-corrected chi connectivity index (χ3v) is 4.00. The van der Waals surface area contributed by atoms with Crippen LogP contribution in [0.1, 0.15) is 15.9 Å². The fourth-order valence-electron chi connectivity index (χ4n) is 2.98.